The SMILES string of the molecule is CCSc1ccc(C(=O)Nc2sc3c(c2-c2nc4ccccc4s2)CCN(C(C)=O)C3)cc1. The van der Waals surface area contributed by atoms with Gasteiger partial charge in [0.15, 0.2) is 0 Å². The normalized spacial score (nSPS) is 13.2. The molecule has 0 bridgehead atoms. The Kier molecular flexibility index (Phi) is 6.23. The van der Waals surface area contributed by atoms with Crippen LogP contribution < -0.4 is 5.32 Å². The fourth-order valence-electron chi connectivity index (χ4n) is 4.01. The molecule has 33 heavy (non-hydrogen) atoms. The van der Waals surface area contributed by atoms with E-state index in [1.54, 1.807) is 41.4 Å². The number of rotatable bonds is 5. The number of para-hydroxylation sites is 1. The first kappa shape index (κ1) is 22.1. The summed E-state index contributed by atoms with van der Waals surface area (Å²) < 4.78 is 1.12. The Morgan fingerprint density at radius 2 is 1.91 bits per heavy atom. The molecule has 1 aliphatic heterocycles. The van der Waals surface area contributed by atoms with Gasteiger partial charge in [0.1, 0.15) is 10.0 Å². The largest absolute Gasteiger partial charge is 0.337 e. The zero-order valence-electron chi connectivity index (χ0n) is 18.4. The van der Waals surface area contributed by atoms with E-state index >= 15 is 0 Å². The number of thiazole rings is 1. The number of aromatic nitrogens is 1. The number of nitrogens with one attached hydrogen (secondary N) is 1. The first-order valence-corrected chi connectivity index (χ1v) is 13.5. The minimum atomic E-state index is -0.132. The number of hydrogen-bond acceptors (Lipinski definition) is 6. The zero-order chi connectivity index (χ0) is 22.9. The van der Waals surface area contributed by atoms with Crippen molar-refractivity contribution in [3.63, 3.8) is 0 Å². The lowest BCUT2D eigenvalue weighted by Crippen LogP contribution is -2.33. The summed E-state index contributed by atoms with van der Waals surface area (Å²) in [7, 11) is 0. The number of carbonyl (C=O) groups is 2. The summed E-state index contributed by atoms with van der Waals surface area (Å²) in [4.78, 5) is 34.1. The number of fused-ring (bicyclic) bond motifs is 2. The quantitative estimate of drug-likeness (QED) is 0.332. The van der Waals surface area contributed by atoms with E-state index < -0.39 is 0 Å². The predicted molar refractivity (Wildman–Crippen MR) is 139 cm³/mol. The summed E-state index contributed by atoms with van der Waals surface area (Å²) in [6, 6.07) is 15.8. The highest BCUT2D eigenvalue weighted by molar-refractivity contribution is 7.99. The van der Waals surface area contributed by atoms with Crippen molar-refractivity contribution in [1.82, 2.24) is 9.88 Å². The van der Waals surface area contributed by atoms with E-state index in [-0.39, 0.29) is 11.8 Å². The fourth-order valence-corrected chi connectivity index (χ4v) is 7.04. The molecule has 8 heteroatoms. The highest BCUT2D eigenvalue weighted by Crippen LogP contribution is 2.45. The van der Waals surface area contributed by atoms with Gasteiger partial charge in [0, 0.05) is 34.4 Å². The molecule has 3 heterocycles. The summed E-state index contributed by atoms with van der Waals surface area (Å²) in [6.07, 6.45) is 0.759. The highest BCUT2D eigenvalue weighted by atomic mass is 32.2. The van der Waals surface area contributed by atoms with Crippen LogP contribution in [0, 0.1) is 0 Å². The molecule has 0 saturated carbocycles. The minimum absolute atomic E-state index is 0.0752. The molecule has 2 amide bonds. The summed E-state index contributed by atoms with van der Waals surface area (Å²) in [5.74, 6) is 0.938. The van der Waals surface area contributed by atoms with Crippen LogP contribution >= 0.6 is 34.4 Å². The molecule has 2 aromatic carbocycles. The molecule has 168 valence electrons. The van der Waals surface area contributed by atoms with Crippen LogP contribution in [0.25, 0.3) is 20.8 Å². The number of nitrogens with zero attached hydrogens (tertiary/aromatic N) is 2. The Labute approximate surface area is 204 Å². The standard InChI is InChI=1S/C25H23N3O2S3/c1-3-31-17-10-8-16(9-11-17)23(30)27-25-22(24-26-19-6-4-5-7-20(19)32-24)18-12-13-28(15(2)29)14-21(18)33-25/h4-11H,3,12-14H2,1-2H3,(H,27,30). The lowest BCUT2D eigenvalue weighted by molar-refractivity contribution is -0.129. The number of hydrogen-bond donors (Lipinski definition) is 1. The Morgan fingerprint density at radius 1 is 1.12 bits per heavy atom. The molecule has 0 atom stereocenters. The number of benzene rings is 2. The van der Waals surface area contributed by atoms with E-state index in [4.69, 9.17) is 4.98 Å². The van der Waals surface area contributed by atoms with Gasteiger partial charge in [-0.2, -0.15) is 0 Å². The Bertz CT molecular complexity index is 1310. The van der Waals surface area contributed by atoms with Gasteiger partial charge >= 0.3 is 0 Å². The lowest BCUT2D eigenvalue weighted by atomic mass is 10.0. The third-order valence-electron chi connectivity index (χ3n) is 5.66. The third-order valence-corrected chi connectivity index (χ3v) is 8.74. The second-order valence-electron chi connectivity index (χ2n) is 7.80. The van der Waals surface area contributed by atoms with Gasteiger partial charge in [0.05, 0.1) is 16.8 Å². The summed E-state index contributed by atoms with van der Waals surface area (Å²) in [6.45, 7) is 4.98. The van der Waals surface area contributed by atoms with Crippen LogP contribution in [0.1, 0.15) is 34.6 Å². The Hall–Kier alpha value is -2.68. The minimum Gasteiger partial charge on any atom is -0.337 e. The summed E-state index contributed by atoms with van der Waals surface area (Å²) >= 11 is 4.95. The lowest BCUT2D eigenvalue weighted by Gasteiger charge is -2.26. The number of anilines is 1. The van der Waals surface area contributed by atoms with Gasteiger partial charge in [-0.15, -0.1) is 34.4 Å². The highest BCUT2D eigenvalue weighted by Gasteiger charge is 2.28. The maximum Gasteiger partial charge on any atom is 0.256 e. The van der Waals surface area contributed by atoms with Crippen LogP contribution in [0.3, 0.4) is 0 Å². The van der Waals surface area contributed by atoms with Crippen molar-refractivity contribution in [2.45, 2.75) is 31.7 Å². The van der Waals surface area contributed by atoms with Gasteiger partial charge in [-0.25, -0.2) is 4.98 Å². The molecular formula is C25H23N3O2S3. The van der Waals surface area contributed by atoms with Crippen LogP contribution in [0.4, 0.5) is 5.00 Å². The number of thioether (sulfide) groups is 1. The van der Waals surface area contributed by atoms with E-state index in [0.29, 0.717) is 18.7 Å². The van der Waals surface area contributed by atoms with Crippen molar-refractivity contribution in [1.29, 1.82) is 0 Å². The Morgan fingerprint density at radius 3 is 2.64 bits per heavy atom. The average Bonchev–Trinajstić information content (AvgIpc) is 3.39. The molecule has 1 aliphatic rings. The second-order valence-corrected chi connectivity index (χ2v) is 11.3. The number of carbonyl (C=O) groups excluding carboxylic acids is 2. The van der Waals surface area contributed by atoms with Crippen molar-refractivity contribution >= 4 is 61.5 Å². The van der Waals surface area contributed by atoms with Gasteiger partial charge in [0.25, 0.3) is 5.91 Å². The van der Waals surface area contributed by atoms with E-state index in [2.05, 4.69) is 18.3 Å². The van der Waals surface area contributed by atoms with Crippen LogP contribution in [0.5, 0.6) is 0 Å². The number of thiophene rings is 1. The van der Waals surface area contributed by atoms with Crippen LogP contribution in [-0.2, 0) is 17.8 Å². The summed E-state index contributed by atoms with van der Waals surface area (Å²) in [5.41, 5.74) is 3.79. The molecular weight excluding hydrogens is 470 g/mol. The van der Waals surface area contributed by atoms with Gasteiger partial charge in [0.2, 0.25) is 5.91 Å². The van der Waals surface area contributed by atoms with E-state index in [1.165, 1.54) is 5.56 Å². The van der Waals surface area contributed by atoms with Crippen molar-refractivity contribution in [2.75, 3.05) is 17.6 Å². The molecule has 0 aliphatic carbocycles. The second kappa shape index (κ2) is 9.29. The summed E-state index contributed by atoms with van der Waals surface area (Å²) in [5, 5.41) is 4.88. The van der Waals surface area contributed by atoms with Crippen molar-refractivity contribution in [3.05, 3.63) is 64.5 Å². The average molecular weight is 494 g/mol. The first-order chi connectivity index (χ1) is 16.0. The van der Waals surface area contributed by atoms with Gasteiger partial charge in [-0.1, -0.05) is 19.1 Å². The van der Waals surface area contributed by atoms with Crippen molar-refractivity contribution in [3.8, 4) is 10.6 Å². The predicted octanol–water partition coefficient (Wildman–Crippen LogP) is 6.29. The maximum absolute atomic E-state index is 13.1. The molecule has 0 fully saturated rings. The van der Waals surface area contributed by atoms with Crippen LogP contribution in [0.15, 0.2) is 53.4 Å². The van der Waals surface area contributed by atoms with Crippen LogP contribution in [-0.4, -0.2) is 34.0 Å². The van der Waals surface area contributed by atoms with Gasteiger partial charge in [-0.05, 0) is 54.1 Å². The smallest absolute Gasteiger partial charge is 0.256 e. The van der Waals surface area contributed by atoms with Crippen LogP contribution in [0.2, 0.25) is 0 Å². The molecule has 0 saturated heterocycles. The Balaban J connectivity index is 1.53. The molecule has 5 nitrogen and oxygen atoms in total. The topological polar surface area (TPSA) is 62.3 Å². The molecule has 0 unspecified atom stereocenters. The maximum atomic E-state index is 13.1. The van der Waals surface area contributed by atoms with E-state index in [0.717, 1.165) is 47.7 Å². The van der Waals surface area contributed by atoms with Crippen molar-refractivity contribution < 1.29 is 9.59 Å². The first-order valence-electron chi connectivity index (χ1n) is 10.8. The molecule has 2 aromatic heterocycles. The third kappa shape index (κ3) is 4.43. The molecule has 0 radical (unpaired) electrons. The van der Waals surface area contributed by atoms with Gasteiger partial charge < -0.3 is 10.2 Å². The van der Waals surface area contributed by atoms with Gasteiger partial charge in [-0.3, -0.25) is 9.59 Å². The fraction of sp³-hybridized carbons (Fsp3) is 0.240. The zero-order valence-corrected chi connectivity index (χ0v) is 20.8. The van der Waals surface area contributed by atoms with Crippen molar-refractivity contribution in [2.24, 2.45) is 0 Å². The number of amides is 2. The molecule has 5 rings (SSSR count). The van der Waals surface area contributed by atoms with E-state index in [1.807, 2.05) is 47.4 Å². The monoisotopic (exact) mass is 493 g/mol. The molecule has 4 aromatic rings. The molecule has 1 N–H and O–H groups in total. The van der Waals surface area contributed by atoms with E-state index in [9.17, 15) is 9.59 Å². The molecule has 0 spiro atoms.